The van der Waals surface area contributed by atoms with Gasteiger partial charge < -0.3 is 13.7 Å². The van der Waals surface area contributed by atoms with E-state index in [-0.39, 0.29) is 12.1 Å². The minimum absolute atomic E-state index is 0.0775. The molecule has 0 amide bonds. The highest BCUT2D eigenvalue weighted by molar-refractivity contribution is 7.13. The molecule has 3 heterocycles. The number of rotatable bonds is 4. The first-order valence-electron chi connectivity index (χ1n) is 7.83. The molecule has 2 bridgehead atoms. The van der Waals surface area contributed by atoms with Gasteiger partial charge in [0.2, 0.25) is 0 Å². The molecule has 6 rings (SSSR count). The van der Waals surface area contributed by atoms with Crippen LogP contribution in [0.15, 0.2) is 44.1 Å². The summed E-state index contributed by atoms with van der Waals surface area (Å²) >= 11 is 1.45. The summed E-state index contributed by atoms with van der Waals surface area (Å²) in [6.07, 6.45) is 8.17. The summed E-state index contributed by atoms with van der Waals surface area (Å²) in [5.41, 5.74) is -0.448. The van der Waals surface area contributed by atoms with Crippen LogP contribution in [0.1, 0.15) is 25.0 Å². The van der Waals surface area contributed by atoms with Crippen LogP contribution in [0.3, 0.4) is 0 Å². The first-order chi connectivity index (χ1) is 11.6. The molecule has 8 heteroatoms. The molecule has 0 saturated heterocycles. The predicted molar refractivity (Wildman–Crippen MR) is 87.0 cm³/mol. The lowest BCUT2D eigenvalue weighted by Crippen LogP contribution is -2.64. The lowest BCUT2D eigenvalue weighted by atomic mass is 9.49. The fraction of sp³-hybridized carbons (Fsp3) is 0.375. The summed E-state index contributed by atoms with van der Waals surface area (Å²) < 4.78 is 8.28. The average Bonchev–Trinajstić information content (AvgIpc) is 3.14. The van der Waals surface area contributed by atoms with Crippen LogP contribution in [-0.2, 0) is 12.1 Å². The standard InChI is InChI=1S/C16H14N4O3S/c21-14-15(22)20(16-6-10(7-16)8-16)3-2-19(14)9-11-5-12(23-18-11)13-17-1-4-24-13/h1-5,10H,6-9H2. The van der Waals surface area contributed by atoms with E-state index in [1.807, 2.05) is 5.38 Å². The van der Waals surface area contributed by atoms with Gasteiger partial charge in [0.05, 0.1) is 6.54 Å². The van der Waals surface area contributed by atoms with Gasteiger partial charge in [0.1, 0.15) is 5.69 Å². The lowest BCUT2D eigenvalue weighted by Gasteiger charge is -2.62. The summed E-state index contributed by atoms with van der Waals surface area (Å²) in [6, 6.07) is 1.75. The van der Waals surface area contributed by atoms with E-state index in [1.54, 1.807) is 29.2 Å². The number of aromatic nitrogens is 4. The van der Waals surface area contributed by atoms with Crippen molar-refractivity contribution in [2.24, 2.45) is 5.92 Å². The Hall–Kier alpha value is -2.48. The molecule has 3 saturated carbocycles. The fourth-order valence-electron chi connectivity index (χ4n) is 3.74. The second kappa shape index (κ2) is 4.76. The fourth-order valence-corrected chi connectivity index (χ4v) is 4.33. The minimum Gasteiger partial charge on any atom is -0.353 e. The van der Waals surface area contributed by atoms with Gasteiger partial charge in [-0.15, -0.1) is 11.3 Å². The van der Waals surface area contributed by atoms with Gasteiger partial charge in [0.15, 0.2) is 10.8 Å². The predicted octanol–water partition coefficient (Wildman–Crippen LogP) is 1.68. The molecule has 0 radical (unpaired) electrons. The van der Waals surface area contributed by atoms with Crippen molar-refractivity contribution in [2.45, 2.75) is 31.3 Å². The van der Waals surface area contributed by atoms with E-state index < -0.39 is 11.1 Å². The third kappa shape index (κ3) is 1.89. The van der Waals surface area contributed by atoms with Gasteiger partial charge in [-0.1, -0.05) is 5.16 Å². The molecule has 0 N–H and O–H groups in total. The van der Waals surface area contributed by atoms with Gasteiger partial charge in [0, 0.05) is 35.6 Å². The Morgan fingerprint density at radius 2 is 2.08 bits per heavy atom. The van der Waals surface area contributed by atoms with Crippen molar-refractivity contribution in [1.82, 2.24) is 19.3 Å². The average molecular weight is 342 g/mol. The van der Waals surface area contributed by atoms with E-state index in [0.717, 1.165) is 30.2 Å². The van der Waals surface area contributed by atoms with E-state index in [4.69, 9.17) is 4.52 Å². The van der Waals surface area contributed by atoms with Crippen LogP contribution < -0.4 is 11.1 Å². The molecular weight excluding hydrogens is 328 g/mol. The van der Waals surface area contributed by atoms with Gasteiger partial charge in [-0.25, -0.2) is 4.98 Å². The van der Waals surface area contributed by atoms with Crippen molar-refractivity contribution in [1.29, 1.82) is 0 Å². The zero-order valence-corrected chi connectivity index (χ0v) is 13.5. The topological polar surface area (TPSA) is 82.9 Å². The molecule has 122 valence electrons. The molecule has 3 aromatic rings. The van der Waals surface area contributed by atoms with E-state index in [1.165, 1.54) is 15.9 Å². The lowest BCUT2D eigenvalue weighted by molar-refractivity contribution is -0.0919. The summed E-state index contributed by atoms with van der Waals surface area (Å²) in [6.45, 7) is 0.208. The first-order valence-corrected chi connectivity index (χ1v) is 8.71. The van der Waals surface area contributed by atoms with E-state index in [2.05, 4.69) is 10.1 Å². The van der Waals surface area contributed by atoms with Gasteiger partial charge in [0.25, 0.3) is 0 Å². The SMILES string of the molecule is O=c1c(=O)n(C23CC(C2)C3)ccn1Cc1cc(-c2nccs2)on1. The van der Waals surface area contributed by atoms with Gasteiger partial charge in [-0.2, -0.15) is 0 Å². The molecule has 24 heavy (non-hydrogen) atoms. The van der Waals surface area contributed by atoms with Crippen molar-refractivity contribution in [3.8, 4) is 10.8 Å². The van der Waals surface area contributed by atoms with Gasteiger partial charge in [-0.3, -0.25) is 9.59 Å². The van der Waals surface area contributed by atoms with Crippen molar-refractivity contribution >= 4 is 11.3 Å². The molecule has 7 nitrogen and oxygen atoms in total. The van der Waals surface area contributed by atoms with Crippen LogP contribution in [0.2, 0.25) is 0 Å². The maximum Gasteiger partial charge on any atom is 0.316 e. The Kier molecular flexibility index (Phi) is 2.76. The first kappa shape index (κ1) is 13.9. The van der Waals surface area contributed by atoms with Crippen molar-refractivity contribution in [3.05, 3.63) is 56.4 Å². The van der Waals surface area contributed by atoms with Gasteiger partial charge in [-0.05, 0) is 25.2 Å². The Balaban J connectivity index is 1.44. The van der Waals surface area contributed by atoms with E-state index in [0.29, 0.717) is 11.5 Å². The molecule has 3 aliphatic carbocycles. The summed E-state index contributed by atoms with van der Waals surface area (Å²) in [5.74, 6) is 1.31. The highest BCUT2D eigenvalue weighted by Gasteiger charge is 2.58. The Bertz CT molecular complexity index is 1010. The minimum atomic E-state index is -0.513. The van der Waals surface area contributed by atoms with Crippen LogP contribution in [0.25, 0.3) is 10.8 Å². The summed E-state index contributed by atoms with van der Waals surface area (Å²) in [4.78, 5) is 29.0. The van der Waals surface area contributed by atoms with Crippen LogP contribution >= 0.6 is 11.3 Å². The summed E-state index contributed by atoms with van der Waals surface area (Å²) in [7, 11) is 0. The van der Waals surface area contributed by atoms with Crippen molar-refractivity contribution in [2.75, 3.05) is 0 Å². The van der Waals surface area contributed by atoms with Gasteiger partial charge >= 0.3 is 11.1 Å². The van der Waals surface area contributed by atoms with Crippen molar-refractivity contribution in [3.63, 3.8) is 0 Å². The highest BCUT2D eigenvalue weighted by atomic mass is 32.1. The maximum atomic E-state index is 12.4. The molecule has 0 aromatic carbocycles. The summed E-state index contributed by atoms with van der Waals surface area (Å²) in [5, 5.41) is 6.56. The molecule has 0 aliphatic heterocycles. The molecule has 0 spiro atoms. The monoisotopic (exact) mass is 342 g/mol. The van der Waals surface area contributed by atoms with Crippen LogP contribution in [-0.4, -0.2) is 19.3 Å². The number of thiazole rings is 1. The molecular formula is C16H14N4O3S. The second-order valence-corrected chi connectivity index (χ2v) is 7.52. The number of hydrogen-bond acceptors (Lipinski definition) is 6. The Morgan fingerprint density at radius 1 is 1.25 bits per heavy atom. The molecule has 3 fully saturated rings. The van der Waals surface area contributed by atoms with Crippen LogP contribution in [0.4, 0.5) is 0 Å². The molecule has 0 unspecified atom stereocenters. The Morgan fingerprint density at radius 3 is 2.75 bits per heavy atom. The van der Waals surface area contributed by atoms with E-state index in [9.17, 15) is 9.59 Å². The maximum absolute atomic E-state index is 12.4. The largest absolute Gasteiger partial charge is 0.353 e. The zero-order valence-electron chi connectivity index (χ0n) is 12.7. The van der Waals surface area contributed by atoms with E-state index >= 15 is 0 Å². The number of hydrogen-bond donors (Lipinski definition) is 0. The Labute approximate surface area is 140 Å². The van der Waals surface area contributed by atoms with Crippen molar-refractivity contribution < 1.29 is 4.52 Å². The van der Waals surface area contributed by atoms with Crippen LogP contribution in [0.5, 0.6) is 0 Å². The molecule has 0 atom stereocenters. The normalized spacial score (nSPS) is 24.4. The zero-order chi connectivity index (χ0) is 16.3. The highest BCUT2D eigenvalue weighted by Crippen LogP contribution is 2.61. The smallest absolute Gasteiger partial charge is 0.316 e. The number of nitrogens with zero attached hydrogens (tertiary/aromatic N) is 4. The third-order valence-electron chi connectivity index (χ3n) is 5.11. The molecule has 3 aromatic heterocycles. The second-order valence-electron chi connectivity index (χ2n) is 6.63. The van der Waals surface area contributed by atoms with Crippen LogP contribution in [0, 0.1) is 5.92 Å². The quantitative estimate of drug-likeness (QED) is 0.674. The molecule has 3 aliphatic rings. The third-order valence-corrected chi connectivity index (χ3v) is 5.90.